The SMILES string of the molecule is [CH]c1ccccc1OCCCCCCCCCC. The predicted octanol–water partition coefficient (Wildman–Crippen LogP) is 5.27. The third-order valence-electron chi connectivity index (χ3n) is 3.17. The predicted molar refractivity (Wildman–Crippen MR) is 77.9 cm³/mol. The van der Waals surface area contributed by atoms with E-state index < -0.39 is 0 Å². The molecule has 0 aliphatic rings. The lowest BCUT2D eigenvalue weighted by atomic mass is 10.1. The zero-order chi connectivity index (χ0) is 13.1. The summed E-state index contributed by atoms with van der Waals surface area (Å²) >= 11 is 0. The molecule has 1 heteroatoms. The molecule has 0 aromatic heterocycles. The van der Waals surface area contributed by atoms with Gasteiger partial charge in [-0.1, -0.05) is 70.1 Å². The van der Waals surface area contributed by atoms with E-state index in [1.165, 1.54) is 44.9 Å². The van der Waals surface area contributed by atoms with Crippen LogP contribution in [0, 0.1) is 6.92 Å². The number of benzene rings is 1. The van der Waals surface area contributed by atoms with Crippen LogP contribution in [0.25, 0.3) is 0 Å². The Morgan fingerprint density at radius 2 is 1.50 bits per heavy atom. The summed E-state index contributed by atoms with van der Waals surface area (Å²) in [6, 6.07) is 7.70. The molecule has 1 aromatic carbocycles. The van der Waals surface area contributed by atoms with Gasteiger partial charge in [0.1, 0.15) is 5.75 Å². The standard InChI is InChI=1S/C17H26O/c1-3-4-5-6-7-8-9-12-15-18-17-14-11-10-13-16(17)2/h2,10-11,13-14H,3-9,12,15H2,1H3. The van der Waals surface area contributed by atoms with Crippen LogP contribution in [0.3, 0.4) is 0 Å². The van der Waals surface area contributed by atoms with Crippen LogP contribution in [-0.4, -0.2) is 6.61 Å². The first-order valence-electron chi connectivity index (χ1n) is 7.32. The van der Waals surface area contributed by atoms with Gasteiger partial charge in [-0.25, -0.2) is 0 Å². The average molecular weight is 246 g/mol. The summed E-state index contributed by atoms with van der Waals surface area (Å²) in [5.41, 5.74) is 0.733. The van der Waals surface area contributed by atoms with Crippen molar-refractivity contribution >= 4 is 0 Å². The van der Waals surface area contributed by atoms with Gasteiger partial charge >= 0.3 is 0 Å². The number of unbranched alkanes of at least 4 members (excludes halogenated alkanes) is 7. The Kier molecular flexibility index (Phi) is 8.37. The van der Waals surface area contributed by atoms with Crippen LogP contribution in [0.4, 0.5) is 0 Å². The first kappa shape index (κ1) is 15.1. The second-order valence-corrected chi connectivity index (χ2v) is 4.86. The van der Waals surface area contributed by atoms with Crippen molar-refractivity contribution in [3.63, 3.8) is 0 Å². The first-order valence-corrected chi connectivity index (χ1v) is 7.32. The molecule has 2 radical (unpaired) electrons. The fraction of sp³-hybridized carbons (Fsp3) is 0.588. The van der Waals surface area contributed by atoms with Crippen LogP contribution in [-0.2, 0) is 0 Å². The summed E-state index contributed by atoms with van der Waals surface area (Å²) in [7, 11) is 0. The van der Waals surface area contributed by atoms with Gasteiger partial charge in [-0.2, -0.15) is 0 Å². The highest BCUT2D eigenvalue weighted by Gasteiger charge is 1.97. The summed E-state index contributed by atoms with van der Waals surface area (Å²) < 4.78 is 5.66. The molecular weight excluding hydrogens is 220 g/mol. The molecule has 100 valence electrons. The number of hydrogen-bond acceptors (Lipinski definition) is 1. The van der Waals surface area contributed by atoms with Gasteiger partial charge in [0.05, 0.1) is 6.61 Å². The van der Waals surface area contributed by atoms with E-state index in [1.807, 2.05) is 24.3 Å². The fourth-order valence-electron chi connectivity index (χ4n) is 2.03. The topological polar surface area (TPSA) is 9.23 Å². The van der Waals surface area contributed by atoms with E-state index >= 15 is 0 Å². The van der Waals surface area contributed by atoms with Crippen LogP contribution in [0.1, 0.15) is 63.9 Å². The molecule has 0 amide bonds. The van der Waals surface area contributed by atoms with E-state index in [9.17, 15) is 0 Å². The largest absolute Gasteiger partial charge is 0.493 e. The Morgan fingerprint density at radius 3 is 2.17 bits per heavy atom. The van der Waals surface area contributed by atoms with Crippen molar-refractivity contribution < 1.29 is 4.74 Å². The third-order valence-corrected chi connectivity index (χ3v) is 3.17. The van der Waals surface area contributed by atoms with Crippen molar-refractivity contribution in [3.05, 3.63) is 36.8 Å². The minimum atomic E-state index is 0.733. The summed E-state index contributed by atoms with van der Waals surface area (Å²) in [5.74, 6) is 0.820. The maximum atomic E-state index is 5.80. The lowest BCUT2D eigenvalue weighted by Crippen LogP contribution is -1.98. The minimum absolute atomic E-state index is 0.733. The second kappa shape index (κ2) is 9.99. The van der Waals surface area contributed by atoms with Crippen LogP contribution >= 0.6 is 0 Å². The Labute approximate surface area is 113 Å². The fourth-order valence-corrected chi connectivity index (χ4v) is 2.03. The van der Waals surface area contributed by atoms with Crippen LogP contribution in [0.2, 0.25) is 0 Å². The quantitative estimate of drug-likeness (QED) is 0.511. The van der Waals surface area contributed by atoms with Gasteiger partial charge in [0.2, 0.25) is 0 Å². The summed E-state index contributed by atoms with van der Waals surface area (Å²) in [6.45, 7) is 8.84. The summed E-state index contributed by atoms with van der Waals surface area (Å²) in [6.07, 6.45) is 10.6. The number of rotatable bonds is 10. The van der Waals surface area contributed by atoms with Crippen molar-refractivity contribution in [2.75, 3.05) is 6.61 Å². The van der Waals surface area contributed by atoms with E-state index in [0.29, 0.717) is 0 Å². The zero-order valence-electron chi connectivity index (χ0n) is 11.7. The maximum absolute atomic E-state index is 5.80. The van der Waals surface area contributed by atoms with Crippen molar-refractivity contribution in [2.24, 2.45) is 0 Å². The highest BCUT2D eigenvalue weighted by molar-refractivity contribution is 5.35. The van der Waals surface area contributed by atoms with Crippen molar-refractivity contribution in [2.45, 2.75) is 58.3 Å². The molecule has 0 unspecified atom stereocenters. The second-order valence-electron chi connectivity index (χ2n) is 4.86. The number of hydrogen-bond donors (Lipinski definition) is 0. The van der Waals surface area contributed by atoms with E-state index in [2.05, 4.69) is 6.92 Å². The molecule has 1 aromatic rings. The molecule has 1 rings (SSSR count). The highest BCUT2D eigenvalue weighted by Crippen LogP contribution is 2.16. The van der Waals surface area contributed by atoms with Gasteiger partial charge in [-0.15, -0.1) is 0 Å². The van der Waals surface area contributed by atoms with Gasteiger partial charge < -0.3 is 4.74 Å². The lowest BCUT2D eigenvalue weighted by Gasteiger charge is -2.08. The lowest BCUT2D eigenvalue weighted by molar-refractivity contribution is 0.303. The number of para-hydroxylation sites is 1. The van der Waals surface area contributed by atoms with Crippen LogP contribution < -0.4 is 4.74 Å². The molecule has 0 spiro atoms. The molecule has 18 heavy (non-hydrogen) atoms. The van der Waals surface area contributed by atoms with E-state index in [1.54, 1.807) is 0 Å². The van der Waals surface area contributed by atoms with Gasteiger partial charge in [0, 0.05) is 6.92 Å². The Balaban J connectivity index is 1.94. The molecule has 1 nitrogen and oxygen atoms in total. The molecule has 0 saturated carbocycles. The first-order chi connectivity index (χ1) is 8.84. The maximum Gasteiger partial charge on any atom is 0.122 e. The molecule has 0 atom stereocenters. The summed E-state index contributed by atoms with van der Waals surface area (Å²) in [5, 5.41) is 0. The van der Waals surface area contributed by atoms with Gasteiger partial charge in [-0.3, -0.25) is 0 Å². The van der Waals surface area contributed by atoms with Gasteiger partial charge in [-0.05, 0) is 18.1 Å². The molecule has 0 N–H and O–H groups in total. The third kappa shape index (κ3) is 6.68. The minimum Gasteiger partial charge on any atom is -0.493 e. The van der Waals surface area contributed by atoms with Gasteiger partial charge in [0.15, 0.2) is 0 Å². The molecule has 0 fully saturated rings. The van der Waals surface area contributed by atoms with Gasteiger partial charge in [0.25, 0.3) is 0 Å². The molecule has 0 aliphatic heterocycles. The van der Waals surface area contributed by atoms with Crippen LogP contribution in [0.15, 0.2) is 24.3 Å². The molecular formula is C17H26O. The Morgan fingerprint density at radius 1 is 0.889 bits per heavy atom. The summed E-state index contributed by atoms with van der Waals surface area (Å²) in [4.78, 5) is 0. The molecule has 0 bridgehead atoms. The van der Waals surface area contributed by atoms with Crippen molar-refractivity contribution in [3.8, 4) is 5.75 Å². The normalized spacial score (nSPS) is 10.6. The van der Waals surface area contributed by atoms with E-state index in [0.717, 1.165) is 24.3 Å². The van der Waals surface area contributed by atoms with Crippen molar-refractivity contribution in [1.29, 1.82) is 0 Å². The van der Waals surface area contributed by atoms with Crippen LogP contribution in [0.5, 0.6) is 5.75 Å². The van der Waals surface area contributed by atoms with E-state index in [4.69, 9.17) is 11.7 Å². The average Bonchev–Trinajstić information content (AvgIpc) is 2.39. The molecule has 0 aliphatic carbocycles. The zero-order valence-corrected chi connectivity index (χ0v) is 11.7. The smallest absolute Gasteiger partial charge is 0.122 e. The Bertz CT molecular complexity index is 306. The molecule has 0 saturated heterocycles. The highest BCUT2D eigenvalue weighted by atomic mass is 16.5. The number of ether oxygens (including phenoxy) is 1. The van der Waals surface area contributed by atoms with Crippen molar-refractivity contribution in [1.82, 2.24) is 0 Å². The molecule has 0 heterocycles. The van der Waals surface area contributed by atoms with E-state index in [-0.39, 0.29) is 0 Å². The monoisotopic (exact) mass is 246 g/mol. The Hall–Kier alpha value is -0.980.